The Bertz CT molecular complexity index is 762. The SMILES string of the molecule is Cc1cccc(NCc2cn3cc(Cl)ccc3n2)c1C. The maximum absolute atomic E-state index is 5.97. The first-order valence-corrected chi connectivity index (χ1v) is 6.94. The Labute approximate surface area is 123 Å². The third-order valence-electron chi connectivity index (χ3n) is 3.53. The van der Waals surface area contributed by atoms with E-state index in [2.05, 4.69) is 42.3 Å². The number of aryl methyl sites for hydroxylation is 1. The first-order valence-electron chi connectivity index (χ1n) is 6.57. The van der Waals surface area contributed by atoms with Crippen molar-refractivity contribution < 1.29 is 0 Å². The van der Waals surface area contributed by atoms with Gasteiger partial charge in [-0.25, -0.2) is 4.98 Å². The van der Waals surface area contributed by atoms with E-state index >= 15 is 0 Å². The van der Waals surface area contributed by atoms with E-state index in [1.165, 1.54) is 11.1 Å². The summed E-state index contributed by atoms with van der Waals surface area (Å²) in [6.07, 6.45) is 3.87. The molecule has 0 saturated carbocycles. The summed E-state index contributed by atoms with van der Waals surface area (Å²) in [6.45, 7) is 4.94. The average molecular weight is 286 g/mol. The monoisotopic (exact) mass is 285 g/mol. The van der Waals surface area contributed by atoms with Gasteiger partial charge in [-0.05, 0) is 43.2 Å². The molecule has 0 atom stereocenters. The number of halogens is 1. The Morgan fingerprint density at radius 2 is 2.00 bits per heavy atom. The summed E-state index contributed by atoms with van der Waals surface area (Å²) >= 11 is 5.97. The maximum atomic E-state index is 5.97. The number of nitrogens with zero attached hydrogens (tertiary/aromatic N) is 2. The molecule has 1 N–H and O–H groups in total. The van der Waals surface area contributed by atoms with Crippen LogP contribution in [0, 0.1) is 13.8 Å². The summed E-state index contributed by atoms with van der Waals surface area (Å²) < 4.78 is 1.95. The fourth-order valence-electron chi connectivity index (χ4n) is 2.23. The Morgan fingerprint density at radius 3 is 2.85 bits per heavy atom. The highest BCUT2D eigenvalue weighted by Gasteiger charge is 2.04. The number of anilines is 1. The van der Waals surface area contributed by atoms with Crippen LogP contribution in [0.5, 0.6) is 0 Å². The van der Waals surface area contributed by atoms with Crippen molar-refractivity contribution in [2.75, 3.05) is 5.32 Å². The predicted octanol–water partition coefficient (Wildman–Crippen LogP) is 4.22. The standard InChI is InChI=1S/C16H16ClN3/c1-11-4-3-5-15(12(11)2)18-8-14-10-20-9-13(17)6-7-16(20)19-14/h3-7,9-10,18H,8H2,1-2H3. The Balaban J connectivity index is 1.81. The molecule has 0 aliphatic heterocycles. The van der Waals surface area contributed by atoms with Crippen LogP contribution in [0.3, 0.4) is 0 Å². The van der Waals surface area contributed by atoms with E-state index in [1.807, 2.05) is 28.9 Å². The van der Waals surface area contributed by atoms with Gasteiger partial charge in [-0.3, -0.25) is 0 Å². The molecule has 3 rings (SSSR count). The second-order valence-corrected chi connectivity index (χ2v) is 5.38. The smallest absolute Gasteiger partial charge is 0.137 e. The molecule has 102 valence electrons. The van der Waals surface area contributed by atoms with E-state index < -0.39 is 0 Å². The molecule has 0 unspecified atom stereocenters. The third-order valence-corrected chi connectivity index (χ3v) is 3.75. The molecule has 0 saturated heterocycles. The largest absolute Gasteiger partial charge is 0.379 e. The fraction of sp³-hybridized carbons (Fsp3) is 0.188. The molecule has 3 nitrogen and oxygen atoms in total. The second kappa shape index (κ2) is 5.17. The first kappa shape index (κ1) is 13.0. The highest BCUT2D eigenvalue weighted by molar-refractivity contribution is 6.30. The molecule has 2 aromatic heterocycles. The zero-order chi connectivity index (χ0) is 14.1. The molecule has 2 heterocycles. The molecule has 4 heteroatoms. The van der Waals surface area contributed by atoms with Gasteiger partial charge in [0.25, 0.3) is 0 Å². The molecular formula is C16H16ClN3. The van der Waals surface area contributed by atoms with Crippen molar-refractivity contribution in [3.63, 3.8) is 0 Å². The molecule has 1 aromatic carbocycles. The van der Waals surface area contributed by atoms with Crippen LogP contribution in [-0.2, 0) is 6.54 Å². The van der Waals surface area contributed by atoms with Crippen molar-refractivity contribution in [2.45, 2.75) is 20.4 Å². The summed E-state index contributed by atoms with van der Waals surface area (Å²) in [5.41, 5.74) is 5.62. The van der Waals surface area contributed by atoms with Gasteiger partial charge in [-0.1, -0.05) is 23.7 Å². The molecule has 0 amide bonds. The van der Waals surface area contributed by atoms with Crippen LogP contribution in [0.25, 0.3) is 5.65 Å². The van der Waals surface area contributed by atoms with Crippen LogP contribution < -0.4 is 5.32 Å². The van der Waals surface area contributed by atoms with Crippen molar-refractivity contribution in [1.29, 1.82) is 0 Å². The van der Waals surface area contributed by atoms with Gasteiger partial charge in [0.05, 0.1) is 17.3 Å². The topological polar surface area (TPSA) is 29.3 Å². The summed E-state index contributed by atoms with van der Waals surface area (Å²) in [7, 11) is 0. The average Bonchev–Trinajstić information content (AvgIpc) is 2.82. The van der Waals surface area contributed by atoms with Gasteiger partial charge in [0, 0.05) is 18.1 Å². The van der Waals surface area contributed by atoms with Gasteiger partial charge in [0.15, 0.2) is 0 Å². The maximum Gasteiger partial charge on any atom is 0.137 e. The first-order chi connectivity index (χ1) is 9.63. The lowest BCUT2D eigenvalue weighted by atomic mass is 10.1. The molecule has 0 aliphatic carbocycles. The number of aromatic nitrogens is 2. The van der Waals surface area contributed by atoms with Crippen LogP contribution in [0.15, 0.2) is 42.7 Å². The van der Waals surface area contributed by atoms with E-state index in [1.54, 1.807) is 0 Å². The van der Waals surface area contributed by atoms with Gasteiger partial charge in [-0.2, -0.15) is 0 Å². The van der Waals surface area contributed by atoms with Gasteiger partial charge in [0.2, 0.25) is 0 Å². The lowest BCUT2D eigenvalue weighted by Gasteiger charge is -2.09. The number of hydrogen-bond donors (Lipinski definition) is 1. The van der Waals surface area contributed by atoms with E-state index in [0.717, 1.165) is 17.0 Å². The Morgan fingerprint density at radius 1 is 1.15 bits per heavy atom. The molecule has 0 spiro atoms. The van der Waals surface area contributed by atoms with Crippen LogP contribution >= 0.6 is 11.6 Å². The van der Waals surface area contributed by atoms with Crippen molar-refractivity contribution >= 4 is 22.9 Å². The van der Waals surface area contributed by atoms with Gasteiger partial charge < -0.3 is 9.72 Å². The summed E-state index contributed by atoms with van der Waals surface area (Å²) in [5, 5.41) is 4.15. The predicted molar refractivity (Wildman–Crippen MR) is 83.4 cm³/mol. The fourth-order valence-corrected chi connectivity index (χ4v) is 2.40. The van der Waals surface area contributed by atoms with Crippen molar-refractivity contribution in [3.8, 4) is 0 Å². The molecule has 0 fully saturated rings. The van der Waals surface area contributed by atoms with E-state index in [4.69, 9.17) is 11.6 Å². The molecule has 0 bridgehead atoms. The number of pyridine rings is 1. The third kappa shape index (κ3) is 2.49. The molecule has 0 aliphatic rings. The number of fused-ring (bicyclic) bond motifs is 1. The van der Waals surface area contributed by atoms with E-state index in [0.29, 0.717) is 11.6 Å². The van der Waals surface area contributed by atoms with Crippen molar-refractivity contribution in [3.05, 3.63) is 64.6 Å². The minimum Gasteiger partial charge on any atom is -0.379 e. The summed E-state index contributed by atoms with van der Waals surface area (Å²) in [5.74, 6) is 0. The Kier molecular flexibility index (Phi) is 3.36. The number of benzene rings is 1. The van der Waals surface area contributed by atoms with Crippen LogP contribution in [0.2, 0.25) is 5.02 Å². The highest BCUT2D eigenvalue weighted by Crippen LogP contribution is 2.19. The van der Waals surface area contributed by atoms with Gasteiger partial charge >= 0.3 is 0 Å². The highest BCUT2D eigenvalue weighted by atomic mass is 35.5. The van der Waals surface area contributed by atoms with E-state index in [9.17, 15) is 0 Å². The zero-order valence-electron chi connectivity index (χ0n) is 11.5. The number of imidazole rings is 1. The number of hydrogen-bond acceptors (Lipinski definition) is 2. The van der Waals surface area contributed by atoms with Crippen LogP contribution in [0.1, 0.15) is 16.8 Å². The van der Waals surface area contributed by atoms with Gasteiger partial charge in [-0.15, -0.1) is 0 Å². The normalized spacial score (nSPS) is 10.9. The lowest BCUT2D eigenvalue weighted by Crippen LogP contribution is -2.01. The zero-order valence-corrected chi connectivity index (χ0v) is 12.3. The molecule has 3 aromatic rings. The lowest BCUT2D eigenvalue weighted by molar-refractivity contribution is 1.07. The van der Waals surface area contributed by atoms with Crippen molar-refractivity contribution in [1.82, 2.24) is 9.38 Å². The van der Waals surface area contributed by atoms with Gasteiger partial charge in [0.1, 0.15) is 5.65 Å². The minimum absolute atomic E-state index is 0.698. The number of nitrogens with one attached hydrogen (secondary N) is 1. The Hall–Kier alpha value is -2.00. The molecular weight excluding hydrogens is 270 g/mol. The molecule has 0 radical (unpaired) electrons. The number of rotatable bonds is 3. The molecule has 20 heavy (non-hydrogen) atoms. The summed E-state index contributed by atoms with van der Waals surface area (Å²) in [4.78, 5) is 4.56. The van der Waals surface area contributed by atoms with E-state index in [-0.39, 0.29) is 0 Å². The van der Waals surface area contributed by atoms with Crippen molar-refractivity contribution in [2.24, 2.45) is 0 Å². The quantitative estimate of drug-likeness (QED) is 0.781. The summed E-state index contributed by atoms with van der Waals surface area (Å²) in [6, 6.07) is 10.0. The second-order valence-electron chi connectivity index (χ2n) is 4.95. The minimum atomic E-state index is 0.698. The van der Waals surface area contributed by atoms with Crippen LogP contribution in [0.4, 0.5) is 5.69 Å². The van der Waals surface area contributed by atoms with Crippen LogP contribution in [-0.4, -0.2) is 9.38 Å².